The van der Waals surface area contributed by atoms with Crippen molar-refractivity contribution in [3.63, 3.8) is 0 Å². The fourth-order valence-corrected chi connectivity index (χ4v) is 0.750. The van der Waals surface area contributed by atoms with Gasteiger partial charge < -0.3 is 0 Å². The van der Waals surface area contributed by atoms with Gasteiger partial charge in [-0.25, -0.2) is 0 Å². The van der Waals surface area contributed by atoms with E-state index in [2.05, 4.69) is 0 Å². The first kappa shape index (κ1) is 7.56. The minimum atomic E-state index is -2.58. The van der Waals surface area contributed by atoms with Crippen LogP contribution in [0.25, 0.3) is 0 Å². The number of halogens is 2. The molecule has 44 valence electrons. The van der Waals surface area contributed by atoms with Crippen molar-refractivity contribution in [3.8, 4) is 0 Å². The third kappa shape index (κ3) is 3.17. The van der Waals surface area contributed by atoms with E-state index in [9.17, 15) is 8.78 Å². The molecule has 0 atom stereocenters. The smallest absolute Gasteiger partial charge is 0.183 e. The average Bonchev–Trinajstić information content (AvgIpc) is 1.68. The lowest BCUT2D eigenvalue weighted by atomic mass is 11.6. The van der Waals surface area contributed by atoms with Gasteiger partial charge in [-0.3, -0.25) is 0 Å². The quantitative estimate of drug-likeness (QED) is 0.545. The van der Waals surface area contributed by atoms with Crippen LogP contribution < -0.4 is 0 Å². The van der Waals surface area contributed by atoms with E-state index in [0.717, 1.165) is 0 Å². The standard InChI is InChI=1S/C3H6F2S2/c1-6-3(4,5)7-2/h1-2H3. The van der Waals surface area contributed by atoms with Crippen LogP contribution in [0.5, 0.6) is 0 Å². The Labute approximate surface area is 50.0 Å². The van der Waals surface area contributed by atoms with Gasteiger partial charge in [0.15, 0.2) is 0 Å². The zero-order valence-electron chi connectivity index (χ0n) is 4.07. The van der Waals surface area contributed by atoms with Gasteiger partial charge in [0, 0.05) is 0 Å². The zero-order valence-corrected chi connectivity index (χ0v) is 5.71. The topological polar surface area (TPSA) is 0 Å². The van der Waals surface area contributed by atoms with Crippen molar-refractivity contribution >= 4 is 23.5 Å². The molecule has 0 fully saturated rings. The van der Waals surface area contributed by atoms with Crippen LogP contribution in [0.4, 0.5) is 8.78 Å². The van der Waals surface area contributed by atoms with E-state index in [-0.39, 0.29) is 0 Å². The number of rotatable bonds is 2. The van der Waals surface area contributed by atoms with E-state index in [0.29, 0.717) is 23.5 Å². The fourth-order valence-electron chi connectivity index (χ4n) is 0.0833. The minimum absolute atomic E-state index is 0.557. The summed E-state index contributed by atoms with van der Waals surface area (Å²) in [6, 6.07) is 0. The highest BCUT2D eigenvalue weighted by Crippen LogP contribution is 2.36. The largest absolute Gasteiger partial charge is 0.341 e. The van der Waals surface area contributed by atoms with Gasteiger partial charge in [-0.1, -0.05) is 23.5 Å². The number of thioether (sulfide) groups is 2. The van der Waals surface area contributed by atoms with Crippen LogP contribution in [0, 0.1) is 0 Å². The second-order valence-electron chi connectivity index (χ2n) is 0.872. The molecule has 0 aromatic carbocycles. The Balaban J connectivity index is 3.36. The fraction of sp³-hybridized carbons (Fsp3) is 1.00. The first-order valence-electron chi connectivity index (χ1n) is 1.60. The van der Waals surface area contributed by atoms with Crippen molar-refractivity contribution in [2.75, 3.05) is 12.5 Å². The van der Waals surface area contributed by atoms with Crippen molar-refractivity contribution in [1.82, 2.24) is 0 Å². The van der Waals surface area contributed by atoms with Crippen LogP contribution in [-0.2, 0) is 0 Å². The summed E-state index contributed by atoms with van der Waals surface area (Å²) in [5.41, 5.74) is 0. The summed E-state index contributed by atoms with van der Waals surface area (Å²) in [5.74, 6) is 0. The van der Waals surface area contributed by atoms with E-state index in [4.69, 9.17) is 0 Å². The predicted octanol–water partition coefficient (Wildman–Crippen LogP) is 2.26. The Morgan fingerprint density at radius 1 is 1.14 bits per heavy atom. The van der Waals surface area contributed by atoms with Gasteiger partial charge in [0.05, 0.1) is 0 Å². The predicted molar refractivity (Wildman–Crippen MR) is 32.0 cm³/mol. The van der Waals surface area contributed by atoms with Crippen LogP contribution >= 0.6 is 23.5 Å². The maximum atomic E-state index is 11.8. The van der Waals surface area contributed by atoms with Gasteiger partial charge in [-0.05, 0) is 12.5 Å². The molecule has 0 aliphatic carbocycles. The lowest BCUT2D eigenvalue weighted by Crippen LogP contribution is -1.99. The van der Waals surface area contributed by atoms with Crippen molar-refractivity contribution in [3.05, 3.63) is 0 Å². The Morgan fingerprint density at radius 2 is 1.43 bits per heavy atom. The maximum absolute atomic E-state index is 11.8. The van der Waals surface area contributed by atoms with Gasteiger partial charge in [0.1, 0.15) is 0 Å². The molecule has 0 N–H and O–H groups in total. The first-order chi connectivity index (χ1) is 3.12. The maximum Gasteiger partial charge on any atom is 0.341 e. The summed E-state index contributed by atoms with van der Waals surface area (Å²) in [5, 5.41) is 0. The molecule has 0 aromatic rings. The molecule has 0 amide bonds. The molecule has 0 rings (SSSR count). The Hall–Kier alpha value is 0.560. The van der Waals surface area contributed by atoms with Gasteiger partial charge in [0.2, 0.25) is 0 Å². The Morgan fingerprint density at radius 3 is 1.43 bits per heavy atom. The molecular formula is C3H6F2S2. The van der Waals surface area contributed by atoms with Crippen molar-refractivity contribution in [2.24, 2.45) is 0 Å². The van der Waals surface area contributed by atoms with Crippen molar-refractivity contribution in [2.45, 2.75) is 4.59 Å². The highest BCUT2D eigenvalue weighted by molar-refractivity contribution is 8.17. The number of hydrogen-bond donors (Lipinski definition) is 0. The molecule has 0 bridgehead atoms. The van der Waals surface area contributed by atoms with E-state index >= 15 is 0 Å². The molecule has 0 spiro atoms. The summed E-state index contributed by atoms with van der Waals surface area (Å²) in [6.07, 6.45) is 2.77. The molecule has 0 saturated carbocycles. The minimum Gasteiger partial charge on any atom is -0.183 e. The van der Waals surface area contributed by atoms with Gasteiger partial charge in [0.25, 0.3) is 0 Å². The van der Waals surface area contributed by atoms with Gasteiger partial charge in [-0.15, -0.1) is 0 Å². The van der Waals surface area contributed by atoms with Crippen LogP contribution in [-0.4, -0.2) is 17.1 Å². The molecule has 0 nitrogen and oxygen atoms in total. The van der Waals surface area contributed by atoms with Crippen LogP contribution in [0.1, 0.15) is 0 Å². The molecule has 7 heavy (non-hydrogen) atoms. The first-order valence-corrected chi connectivity index (χ1v) is 4.05. The molecule has 0 saturated heterocycles. The normalized spacial score (nSPS) is 12.0. The molecule has 0 aliphatic heterocycles. The second kappa shape index (κ2) is 2.77. The summed E-state index contributed by atoms with van der Waals surface area (Å²) < 4.78 is 21.0. The number of hydrogen-bond acceptors (Lipinski definition) is 2. The van der Waals surface area contributed by atoms with Crippen molar-refractivity contribution < 1.29 is 8.78 Å². The van der Waals surface area contributed by atoms with E-state index < -0.39 is 4.59 Å². The second-order valence-corrected chi connectivity index (χ2v) is 2.97. The number of alkyl halides is 2. The molecule has 0 radical (unpaired) electrons. The van der Waals surface area contributed by atoms with Crippen molar-refractivity contribution in [1.29, 1.82) is 0 Å². The van der Waals surface area contributed by atoms with E-state index in [1.54, 1.807) is 0 Å². The van der Waals surface area contributed by atoms with E-state index in [1.807, 2.05) is 0 Å². The Kier molecular flexibility index (Phi) is 2.99. The SMILES string of the molecule is CSC(F)(F)SC. The van der Waals surface area contributed by atoms with Crippen LogP contribution in [0.2, 0.25) is 0 Å². The molecular weight excluding hydrogens is 138 g/mol. The third-order valence-electron chi connectivity index (χ3n) is 0.475. The highest BCUT2D eigenvalue weighted by Gasteiger charge is 2.24. The van der Waals surface area contributed by atoms with Gasteiger partial charge >= 0.3 is 4.59 Å². The highest BCUT2D eigenvalue weighted by atomic mass is 32.2. The summed E-state index contributed by atoms with van der Waals surface area (Å²) in [6.45, 7) is 0. The summed E-state index contributed by atoms with van der Waals surface area (Å²) in [7, 11) is 0. The monoisotopic (exact) mass is 144 g/mol. The Bertz CT molecular complexity index is 48.9. The van der Waals surface area contributed by atoms with Gasteiger partial charge in [-0.2, -0.15) is 8.78 Å². The molecule has 0 unspecified atom stereocenters. The molecule has 0 aliphatic rings. The summed E-state index contributed by atoms with van der Waals surface area (Å²) in [4.78, 5) is 0. The van der Waals surface area contributed by atoms with Crippen LogP contribution in [0.3, 0.4) is 0 Å². The van der Waals surface area contributed by atoms with Crippen LogP contribution in [0.15, 0.2) is 0 Å². The average molecular weight is 144 g/mol. The zero-order chi connectivity index (χ0) is 5.91. The molecule has 0 heterocycles. The molecule has 0 aromatic heterocycles. The summed E-state index contributed by atoms with van der Waals surface area (Å²) >= 11 is 1.11. The lowest BCUT2D eigenvalue weighted by molar-refractivity contribution is 0.213. The lowest BCUT2D eigenvalue weighted by Gasteiger charge is -2.06. The third-order valence-corrected chi connectivity index (χ3v) is 2.43. The van der Waals surface area contributed by atoms with E-state index in [1.165, 1.54) is 12.5 Å². The molecule has 4 heteroatoms.